The topological polar surface area (TPSA) is 63.8 Å². The lowest BCUT2D eigenvalue weighted by molar-refractivity contribution is 0.490. The largest absolute Gasteiger partial charge is 0.363 e. The van der Waals surface area contributed by atoms with Crippen LogP contribution in [-0.4, -0.2) is 22.1 Å². The Hall–Kier alpha value is -1.16. The second kappa shape index (κ2) is 4.26. The Kier molecular flexibility index (Phi) is 2.74. The summed E-state index contributed by atoms with van der Waals surface area (Å²) in [5.74, 6) is 1.04. The number of hydrogen-bond acceptors (Lipinski definition) is 4. The van der Waals surface area contributed by atoms with Gasteiger partial charge in [0.05, 0.1) is 5.54 Å². The van der Waals surface area contributed by atoms with Crippen molar-refractivity contribution in [2.24, 2.45) is 5.73 Å². The Morgan fingerprint density at radius 2 is 2.00 bits per heavy atom. The van der Waals surface area contributed by atoms with Gasteiger partial charge in [-0.2, -0.15) is 0 Å². The summed E-state index contributed by atoms with van der Waals surface area (Å²) in [7, 11) is 0. The molecule has 2 aliphatic rings. The highest BCUT2D eigenvalue weighted by Gasteiger charge is 2.33. The van der Waals surface area contributed by atoms with E-state index in [0.29, 0.717) is 6.54 Å². The van der Waals surface area contributed by atoms with Crippen LogP contribution in [0.3, 0.4) is 0 Å². The van der Waals surface area contributed by atoms with Crippen molar-refractivity contribution in [3.63, 3.8) is 0 Å². The Balaban J connectivity index is 1.87. The van der Waals surface area contributed by atoms with Gasteiger partial charge in [-0.3, -0.25) is 0 Å². The molecule has 0 aromatic carbocycles. The van der Waals surface area contributed by atoms with Crippen LogP contribution in [0.4, 0.5) is 5.82 Å². The summed E-state index contributed by atoms with van der Waals surface area (Å²) in [6.07, 6.45) is 9.99. The van der Waals surface area contributed by atoms with Crippen molar-refractivity contribution in [2.45, 2.75) is 50.5 Å². The van der Waals surface area contributed by atoms with E-state index in [1.165, 1.54) is 43.4 Å². The first-order valence-electron chi connectivity index (χ1n) is 6.64. The minimum atomic E-state index is 0.0880. The zero-order valence-corrected chi connectivity index (χ0v) is 10.2. The number of nitrogens with zero attached hydrogens (tertiary/aromatic N) is 2. The van der Waals surface area contributed by atoms with Crippen LogP contribution in [0.25, 0.3) is 0 Å². The van der Waals surface area contributed by atoms with Gasteiger partial charge < -0.3 is 11.1 Å². The summed E-state index contributed by atoms with van der Waals surface area (Å²) >= 11 is 0. The molecule has 1 heterocycles. The van der Waals surface area contributed by atoms with Gasteiger partial charge in [-0.05, 0) is 32.1 Å². The number of aryl methyl sites for hydroxylation is 1. The Labute approximate surface area is 102 Å². The van der Waals surface area contributed by atoms with Gasteiger partial charge in [-0.25, -0.2) is 9.97 Å². The first-order chi connectivity index (χ1) is 8.33. The van der Waals surface area contributed by atoms with E-state index in [2.05, 4.69) is 15.3 Å². The van der Waals surface area contributed by atoms with Gasteiger partial charge in [0.2, 0.25) is 0 Å². The molecule has 0 amide bonds. The Morgan fingerprint density at radius 1 is 1.18 bits per heavy atom. The maximum Gasteiger partial charge on any atom is 0.133 e. The van der Waals surface area contributed by atoms with Crippen molar-refractivity contribution in [3.05, 3.63) is 17.6 Å². The van der Waals surface area contributed by atoms with Crippen molar-refractivity contribution >= 4 is 5.82 Å². The third-order valence-electron chi connectivity index (χ3n) is 4.21. The molecule has 0 aliphatic heterocycles. The Bertz CT molecular complexity index is 410. The normalized spacial score (nSPS) is 21.5. The standard InChI is InChI=1S/C13H20N4/c14-8-13(6-1-2-7-13)17-12-10-4-3-5-11(10)15-9-16-12/h9H,1-8,14H2,(H,15,16,17). The summed E-state index contributed by atoms with van der Waals surface area (Å²) in [4.78, 5) is 8.79. The minimum absolute atomic E-state index is 0.0880. The summed E-state index contributed by atoms with van der Waals surface area (Å²) in [5.41, 5.74) is 8.60. The fraction of sp³-hybridized carbons (Fsp3) is 0.692. The highest BCUT2D eigenvalue weighted by atomic mass is 15.1. The molecule has 3 N–H and O–H groups in total. The molecule has 17 heavy (non-hydrogen) atoms. The molecule has 4 heteroatoms. The number of rotatable bonds is 3. The summed E-state index contributed by atoms with van der Waals surface area (Å²) in [5, 5.41) is 3.63. The van der Waals surface area contributed by atoms with Crippen LogP contribution in [0.2, 0.25) is 0 Å². The molecule has 1 aromatic heterocycles. The van der Waals surface area contributed by atoms with Crippen LogP contribution in [0.5, 0.6) is 0 Å². The van der Waals surface area contributed by atoms with Gasteiger partial charge in [0.25, 0.3) is 0 Å². The van der Waals surface area contributed by atoms with Gasteiger partial charge in [-0.1, -0.05) is 12.8 Å². The predicted octanol–water partition coefficient (Wildman–Crippen LogP) is 1.65. The third kappa shape index (κ3) is 1.90. The molecule has 1 saturated carbocycles. The molecule has 0 bridgehead atoms. The zero-order chi connectivity index (χ0) is 11.7. The van der Waals surface area contributed by atoms with Crippen LogP contribution >= 0.6 is 0 Å². The Morgan fingerprint density at radius 3 is 2.76 bits per heavy atom. The zero-order valence-electron chi connectivity index (χ0n) is 10.2. The van der Waals surface area contributed by atoms with Crippen molar-refractivity contribution in [1.82, 2.24) is 9.97 Å². The second-order valence-corrected chi connectivity index (χ2v) is 5.32. The first kappa shape index (κ1) is 11.0. The quantitative estimate of drug-likeness (QED) is 0.831. The second-order valence-electron chi connectivity index (χ2n) is 5.32. The summed E-state index contributed by atoms with van der Waals surface area (Å²) in [6, 6.07) is 0. The fourth-order valence-corrected chi connectivity index (χ4v) is 3.15. The van der Waals surface area contributed by atoms with E-state index in [-0.39, 0.29) is 5.54 Å². The molecule has 1 aromatic rings. The van der Waals surface area contributed by atoms with Gasteiger partial charge in [0, 0.05) is 17.8 Å². The molecule has 0 atom stereocenters. The van der Waals surface area contributed by atoms with Gasteiger partial charge in [-0.15, -0.1) is 0 Å². The highest BCUT2D eigenvalue weighted by molar-refractivity contribution is 5.50. The van der Waals surface area contributed by atoms with Gasteiger partial charge in [0.1, 0.15) is 12.1 Å². The number of aromatic nitrogens is 2. The van der Waals surface area contributed by atoms with Crippen molar-refractivity contribution in [2.75, 3.05) is 11.9 Å². The summed E-state index contributed by atoms with van der Waals surface area (Å²) in [6.45, 7) is 0.700. The lowest BCUT2D eigenvalue weighted by Crippen LogP contribution is -2.43. The molecule has 0 unspecified atom stereocenters. The third-order valence-corrected chi connectivity index (χ3v) is 4.21. The van der Waals surface area contributed by atoms with Crippen LogP contribution in [0.1, 0.15) is 43.4 Å². The van der Waals surface area contributed by atoms with E-state index in [0.717, 1.165) is 18.7 Å². The number of anilines is 1. The average Bonchev–Trinajstić information content (AvgIpc) is 2.98. The fourth-order valence-electron chi connectivity index (χ4n) is 3.15. The molecule has 4 nitrogen and oxygen atoms in total. The number of nitrogens with two attached hydrogens (primary N) is 1. The van der Waals surface area contributed by atoms with E-state index in [9.17, 15) is 0 Å². The lowest BCUT2D eigenvalue weighted by atomic mass is 9.97. The number of hydrogen-bond donors (Lipinski definition) is 2. The smallest absolute Gasteiger partial charge is 0.133 e. The van der Waals surface area contributed by atoms with Crippen LogP contribution < -0.4 is 11.1 Å². The molecular weight excluding hydrogens is 212 g/mol. The molecule has 0 spiro atoms. The number of fused-ring (bicyclic) bond motifs is 1. The lowest BCUT2D eigenvalue weighted by Gasteiger charge is -2.30. The molecule has 0 saturated heterocycles. The first-order valence-corrected chi connectivity index (χ1v) is 6.64. The van der Waals surface area contributed by atoms with Crippen molar-refractivity contribution < 1.29 is 0 Å². The van der Waals surface area contributed by atoms with E-state index >= 15 is 0 Å². The van der Waals surface area contributed by atoms with Crippen molar-refractivity contribution in [1.29, 1.82) is 0 Å². The van der Waals surface area contributed by atoms with Crippen LogP contribution in [-0.2, 0) is 12.8 Å². The highest BCUT2D eigenvalue weighted by Crippen LogP contribution is 2.34. The monoisotopic (exact) mass is 232 g/mol. The minimum Gasteiger partial charge on any atom is -0.363 e. The van der Waals surface area contributed by atoms with Crippen LogP contribution in [0, 0.1) is 0 Å². The maximum absolute atomic E-state index is 5.96. The van der Waals surface area contributed by atoms with Crippen LogP contribution in [0.15, 0.2) is 6.33 Å². The predicted molar refractivity (Wildman–Crippen MR) is 67.9 cm³/mol. The van der Waals surface area contributed by atoms with Gasteiger partial charge >= 0.3 is 0 Å². The van der Waals surface area contributed by atoms with Gasteiger partial charge in [0.15, 0.2) is 0 Å². The van der Waals surface area contributed by atoms with E-state index in [1.807, 2.05) is 0 Å². The molecule has 2 aliphatic carbocycles. The van der Waals surface area contributed by atoms with Crippen molar-refractivity contribution in [3.8, 4) is 0 Å². The molecule has 3 rings (SSSR count). The number of nitrogens with one attached hydrogen (secondary N) is 1. The van der Waals surface area contributed by atoms with E-state index in [4.69, 9.17) is 5.73 Å². The average molecular weight is 232 g/mol. The molecule has 92 valence electrons. The molecular formula is C13H20N4. The molecule has 0 radical (unpaired) electrons. The maximum atomic E-state index is 5.96. The molecule has 1 fully saturated rings. The SMILES string of the molecule is NCC1(Nc2ncnc3c2CCC3)CCCC1. The van der Waals surface area contributed by atoms with E-state index in [1.54, 1.807) is 6.33 Å². The van der Waals surface area contributed by atoms with E-state index < -0.39 is 0 Å². The summed E-state index contributed by atoms with van der Waals surface area (Å²) < 4.78 is 0.